The number of halogens is 1. The van der Waals surface area contributed by atoms with Crippen LogP contribution < -0.4 is 0 Å². The summed E-state index contributed by atoms with van der Waals surface area (Å²) in [5.41, 5.74) is 2.12. The van der Waals surface area contributed by atoms with Gasteiger partial charge in [0.05, 0.1) is 12.8 Å². The van der Waals surface area contributed by atoms with E-state index in [1.807, 2.05) is 0 Å². The molecule has 2 heterocycles. The maximum absolute atomic E-state index is 12.8. The number of hydrogen-bond donors (Lipinski definition) is 2. The number of nitrogens with one attached hydrogen (secondary N) is 1. The minimum atomic E-state index is -0.373. The molecule has 0 saturated heterocycles. The Morgan fingerprint density at radius 3 is 2.86 bits per heavy atom. The van der Waals surface area contributed by atoms with E-state index in [1.165, 1.54) is 6.07 Å². The Kier molecular flexibility index (Phi) is 2.28. The molecule has 0 unspecified atom stereocenters. The van der Waals surface area contributed by atoms with E-state index in [1.54, 1.807) is 18.3 Å². The Bertz CT molecular complexity index is 439. The summed E-state index contributed by atoms with van der Waals surface area (Å²) in [5.74, 6) is -0.373. The number of rotatable bonds is 2. The first-order chi connectivity index (χ1) is 6.79. The summed E-state index contributed by atoms with van der Waals surface area (Å²) in [6.45, 7) is -0.0528. The fourth-order valence-corrected chi connectivity index (χ4v) is 1.26. The van der Waals surface area contributed by atoms with Gasteiger partial charge in [0.15, 0.2) is 0 Å². The topological polar surface area (TPSA) is 48.9 Å². The van der Waals surface area contributed by atoms with Crippen LogP contribution in [0.1, 0.15) is 5.69 Å². The molecule has 72 valence electrons. The van der Waals surface area contributed by atoms with Crippen molar-refractivity contribution in [1.29, 1.82) is 0 Å². The summed E-state index contributed by atoms with van der Waals surface area (Å²) in [4.78, 5) is 6.69. The van der Waals surface area contributed by atoms with Gasteiger partial charge in [0.2, 0.25) is 0 Å². The molecular weight excluding hydrogens is 183 g/mol. The summed E-state index contributed by atoms with van der Waals surface area (Å²) >= 11 is 0. The van der Waals surface area contributed by atoms with Crippen LogP contribution in [0.3, 0.4) is 0 Å². The van der Waals surface area contributed by atoms with Gasteiger partial charge in [0.25, 0.3) is 0 Å². The summed E-state index contributed by atoms with van der Waals surface area (Å²) in [5, 5.41) is 8.83. The van der Waals surface area contributed by atoms with Crippen molar-refractivity contribution in [1.82, 2.24) is 9.97 Å². The lowest BCUT2D eigenvalue weighted by Gasteiger charge is -1.96. The quantitative estimate of drug-likeness (QED) is 0.760. The Labute approximate surface area is 80.2 Å². The molecule has 0 saturated carbocycles. The third kappa shape index (κ3) is 1.65. The van der Waals surface area contributed by atoms with Crippen LogP contribution >= 0.6 is 0 Å². The number of aliphatic hydroxyl groups is 1. The zero-order valence-corrected chi connectivity index (χ0v) is 7.37. The van der Waals surface area contributed by atoms with Gasteiger partial charge in [-0.25, -0.2) is 4.39 Å². The van der Waals surface area contributed by atoms with Gasteiger partial charge in [-0.2, -0.15) is 0 Å². The van der Waals surface area contributed by atoms with E-state index in [9.17, 15) is 4.39 Å². The highest BCUT2D eigenvalue weighted by molar-refractivity contribution is 5.58. The van der Waals surface area contributed by atoms with Crippen LogP contribution in [0.2, 0.25) is 0 Å². The summed E-state index contributed by atoms with van der Waals surface area (Å²) in [6.07, 6.45) is 2.72. The summed E-state index contributed by atoms with van der Waals surface area (Å²) in [7, 11) is 0. The van der Waals surface area contributed by atoms with Gasteiger partial charge in [0.1, 0.15) is 5.82 Å². The molecule has 0 aliphatic carbocycles. The molecule has 0 aliphatic heterocycles. The molecule has 0 atom stereocenters. The Hall–Kier alpha value is -1.68. The Morgan fingerprint density at radius 2 is 2.21 bits per heavy atom. The van der Waals surface area contributed by atoms with Crippen LogP contribution in [0.25, 0.3) is 11.3 Å². The summed E-state index contributed by atoms with van der Waals surface area (Å²) in [6, 6.07) is 4.92. The average Bonchev–Trinajstić information content (AvgIpc) is 2.66. The molecule has 2 aromatic heterocycles. The van der Waals surface area contributed by atoms with Gasteiger partial charge in [-0.3, -0.25) is 4.98 Å². The molecule has 4 heteroatoms. The van der Waals surface area contributed by atoms with E-state index in [2.05, 4.69) is 9.97 Å². The molecule has 0 aromatic carbocycles. The van der Waals surface area contributed by atoms with Gasteiger partial charge in [-0.05, 0) is 18.2 Å². The zero-order valence-electron chi connectivity index (χ0n) is 7.37. The first-order valence-corrected chi connectivity index (χ1v) is 4.19. The second-order valence-electron chi connectivity index (χ2n) is 2.95. The molecule has 0 fully saturated rings. The molecule has 0 spiro atoms. The van der Waals surface area contributed by atoms with E-state index in [-0.39, 0.29) is 12.4 Å². The standard InChI is InChI=1S/C10H9FN2O/c11-8-3-7(4-12-5-8)10-2-1-9(6-14)13-10/h1-5,13-14H,6H2. The second-order valence-corrected chi connectivity index (χ2v) is 2.95. The fraction of sp³-hybridized carbons (Fsp3) is 0.100. The first kappa shape index (κ1) is 8.90. The number of pyridine rings is 1. The second kappa shape index (κ2) is 3.59. The highest BCUT2D eigenvalue weighted by atomic mass is 19.1. The molecule has 2 aromatic rings. The molecule has 0 bridgehead atoms. The molecule has 2 rings (SSSR count). The number of H-pyrrole nitrogens is 1. The van der Waals surface area contributed by atoms with Crippen LogP contribution in [-0.2, 0) is 6.61 Å². The molecule has 0 aliphatic rings. The monoisotopic (exact) mass is 192 g/mol. The lowest BCUT2D eigenvalue weighted by Crippen LogP contribution is -1.85. The van der Waals surface area contributed by atoms with Crippen molar-refractivity contribution in [2.45, 2.75) is 6.61 Å². The first-order valence-electron chi connectivity index (χ1n) is 4.19. The van der Waals surface area contributed by atoms with Gasteiger partial charge in [-0.1, -0.05) is 0 Å². The number of hydrogen-bond acceptors (Lipinski definition) is 2. The van der Waals surface area contributed by atoms with E-state index < -0.39 is 0 Å². The number of aliphatic hydroxyl groups excluding tert-OH is 1. The smallest absolute Gasteiger partial charge is 0.142 e. The Morgan fingerprint density at radius 1 is 1.36 bits per heavy atom. The Balaban J connectivity index is 2.39. The molecule has 3 nitrogen and oxygen atoms in total. The molecule has 14 heavy (non-hydrogen) atoms. The normalized spacial score (nSPS) is 10.4. The molecule has 2 N–H and O–H groups in total. The van der Waals surface area contributed by atoms with Crippen molar-refractivity contribution in [3.63, 3.8) is 0 Å². The fourth-order valence-electron chi connectivity index (χ4n) is 1.26. The van der Waals surface area contributed by atoms with E-state index in [0.29, 0.717) is 11.3 Å². The highest BCUT2D eigenvalue weighted by Crippen LogP contribution is 2.18. The van der Waals surface area contributed by atoms with Gasteiger partial charge in [-0.15, -0.1) is 0 Å². The van der Waals surface area contributed by atoms with Crippen molar-refractivity contribution in [2.75, 3.05) is 0 Å². The van der Waals surface area contributed by atoms with Crippen LogP contribution in [0.4, 0.5) is 4.39 Å². The van der Waals surface area contributed by atoms with Gasteiger partial charge in [0, 0.05) is 23.1 Å². The van der Waals surface area contributed by atoms with Crippen molar-refractivity contribution in [3.05, 3.63) is 42.1 Å². The molecular formula is C10H9FN2O. The van der Waals surface area contributed by atoms with Gasteiger partial charge < -0.3 is 10.1 Å². The maximum Gasteiger partial charge on any atom is 0.142 e. The van der Waals surface area contributed by atoms with E-state index >= 15 is 0 Å². The van der Waals surface area contributed by atoms with Crippen molar-refractivity contribution in [2.24, 2.45) is 0 Å². The van der Waals surface area contributed by atoms with Crippen LogP contribution in [0, 0.1) is 5.82 Å². The third-order valence-electron chi connectivity index (χ3n) is 1.93. The minimum absolute atomic E-state index is 0.0528. The third-order valence-corrected chi connectivity index (χ3v) is 1.93. The lowest BCUT2D eigenvalue weighted by atomic mass is 10.2. The predicted octanol–water partition coefficient (Wildman–Crippen LogP) is 1.71. The number of aromatic amines is 1. The zero-order chi connectivity index (χ0) is 9.97. The van der Waals surface area contributed by atoms with E-state index in [0.717, 1.165) is 11.9 Å². The van der Waals surface area contributed by atoms with Crippen molar-refractivity contribution >= 4 is 0 Å². The lowest BCUT2D eigenvalue weighted by molar-refractivity contribution is 0.277. The van der Waals surface area contributed by atoms with Crippen LogP contribution in [0.15, 0.2) is 30.6 Å². The highest BCUT2D eigenvalue weighted by Gasteiger charge is 2.02. The SMILES string of the molecule is OCc1ccc(-c2cncc(F)c2)[nH]1. The largest absolute Gasteiger partial charge is 0.390 e. The number of aromatic nitrogens is 2. The van der Waals surface area contributed by atoms with E-state index in [4.69, 9.17) is 5.11 Å². The van der Waals surface area contributed by atoms with Gasteiger partial charge >= 0.3 is 0 Å². The molecule has 0 amide bonds. The van der Waals surface area contributed by atoms with Crippen LogP contribution in [0.5, 0.6) is 0 Å². The van der Waals surface area contributed by atoms with Crippen molar-refractivity contribution < 1.29 is 9.50 Å². The van der Waals surface area contributed by atoms with Crippen LogP contribution in [-0.4, -0.2) is 15.1 Å². The maximum atomic E-state index is 12.8. The van der Waals surface area contributed by atoms with Crippen molar-refractivity contribution in [3.8, 4) is 11.3 Å². The minimum Gasteiger partial charge on any atom is -0.390 e. The predicted molar refractivity (Wildman–Crippen MR) is 49.9 cm³/mol. The summed E-state index contributed by atoms with van der Waals surface area (Å²) < 4.78 is 12.8. The average molecular weight is 192 g/mol. The molecule has 0 radical (unpaired) electrons. The number of nitrogens with zero attached hydrogens (tertiary/aromatic N) is 1.